The maximum absolute atomic E-state index is 12.8. The fraction of sp³-hybridized carbons (Fsp3) is 0.412. The molecule has 1 aromatic heterocycles. The molecule has 1 aromatic carbocycles. The molecule has 4 heteroatoms. The van der Waals surface area contributed by atoms with Gasteiger partial charge in [0.05, 0.1) is 5.52 Å². The fourth-order valence-electron chi connectivity index (χ4n) is 3.03. The highest BCUT2D eigenvalue weighted by Crippen LogP contribution is 2.20. The van der Waals surface area contributed by atoms with Crippen LogP contribution in [0.25, 0.3) is 10.9 Å². The third-order valence-corrected chi connectivity index (χ3v) is 4.29. The predicted octanol–water partition coefficient (Wildman–Crippen LogP) is 2.45. The molecule has 3 rings (SSSR count). The number of nitrogens with one attached hydrogen (secondary N) is 1. The van der Waals surface area contributed by atoms with Crippen LogP contribution in [0, 0.1) is 0 Å². The third kappa shape index (κ3) is 2.90. The molecule has 0 radical (unpaired) electrons. The van der Waals surface area contributed by atoms with Crippen molar-refractivity contribution in [2.45, 2.75) is 25.3 Å². The minimum Gasteiger partial charge on any atom is -0.339 e. The van der Waals surface area contributed by atoms with E-state index in [1.54, 1.807) is 6.20 Å². The lowest BCUT2D eigenvalue weighted by Gasteiger charge is -2.27. The number of pyridine rings is 1. The quantitative estimate of drug-likeness (QED) is 0.921. The Balaban J connectivity index is 1.89. The largest absolute Gasteiger partial charge is 0.339 e. The standard InChI is InChI=1S/C17H21N3O/c1-20(13-5-3-10-18-12-9-13)17(21)15-6-2-8-16-14(15)7-4-11-19-16/h2,4,6-8,11,13,18H,3,5,9-10,12H2,1H3. The summed E-state index contributed by atoms with van der Waals surface area (Å²) in [5, 5.41) is 4.33. The topological polar surface area (TPSA) is 45.2 Å². The molecule has 110 valence electrons. The number of benzene rings is 1. The first-order valence-electron chi connectivity index (χ1n) is 7.59. The van der Waals surface area contributed by atoms with E-state index in [4.69, 9.17) is 0 Å². The molecule has 1 aliphatic rings. The SMILES string of the molecule is CN(C(=O)c1cccc2ncccc12)C1CCCNCC1. The average Bonchev–Trinajstić information content (AvgIpc) is 2.82. The van der Waals surface area contributed by atoms with Crippen molar-refractivity contribution in [3.05, 3.63) is 42.1 Å². The van der Waals surface area contributed by atoms with Gasteiger partial charge in [-0.2, -0.15) is 0 Å². The Labute approximate surface area is 125 Å². The summed E-state index contributed by atoms with van der Waals surface area (Å²) in [5.41, 5.74) is 1.62. The van der Waals surface area contributed by atoms with Gasteiger partial charge in [0.15, 0.2) is 0 Å². The molecular formula is C17H21N3O. The molecule has 1 atom stereocenters. The number of hydrogen-bond donors (Lipinski definition) is 1. The van der Waals surface area contributed by atoms with Crippen molar-refractivity contribution in [2.75, 3.05) is 20.1 Å². The Morgan fingerprint density at radius 1 is 1.24 bits per heavy atom. The maximum Gasteiger partial charge on any atom is 0.254 e. The fourth-order valence-corrected chi connectivity index (χ4v) is 3.03. The third-order valence-electron chi connectivity index (χ3n) is 4.29. The molecule has 1 amide bonds. The normalized spacial score (nSPS) is 19.2. The second-order valence-electron chi connectivity index (χ2n) is 5.63. The Bertz CT molecular complexity index is 627. The zero-order valence-corrected chi connectivity index (χ0v) is 12.4. The Hall–Kier alpha value is -1.94. The van der Waals surface area contributed by atoms with Gasteiger partial charge in [-0.1, -0.05) is 12.1 Å². The monoisotopic (exact) mass is 283 g/mol. The Morgan fingerprint density at radius 3 is 3.05 bits per heavy atom. The molecule has 2 heterocycles. The molecule has 1 unspecified atom stereocenters. The lowest BCUT2D eigenvalue weighted by molar-refractivity contribution is 0.0722. The minimum atomic E-state index is 0.0977. The van der Waals surface area contributed by atoms with Crippen molar-refractivity contribution in [3.8, 4) is 0 Å². The van der Waals surface area contributed by atoms with Gasteiger partial charge in [-0.05, 0) is 50.6 Å². The van der Waals surface area contributed by atoms with Gasteiger partial charge < -0.3 is 10.2 Å². The molecule has 0 spiro atoms. The summed E-state index contributed by atoms with van der Waals surface area (Å²) in [4.78, 5) is 19.1. The molecule has 1 fully saturated rings. The Morgan fingerprint density at radius 2 is 2.14 bits per heavy atom. The van der Waals surface area contributed by atoms with Crippen molar-refractivity contribution in [1.29, 1.82) is 0 Å². The molecule has 1 aliphatic heterocycles. The molecule has 1 saturated heterocycles. The van der Waals surface area contributed by atoms with Crippen LogP contribution in [-0.2, 0) is 0 Å². The minimum absolute atomic E-state index is 0.0977. The van der Waals surface area contributed by atoms with E-state index >= 15 is 0 Å². The van der Waals surface area contributed by atoms with E-state index in [2.05, 4.69) is 10.3 Å². The maximum atomic E-state index is 12.8. The van der Waals surface area contributed by atoms with Gasteiger partial charge in [-0.25, -0.2) is 0 Å². The zero-order valence-electron chi connectivity index (χ0n) is 12.4. The van der Waals surface area contributed by atoms with Gasteiger partial charge in [0.25, 0.3) is 5.91 Å². The van der Waals surface area contributed by atoms with Crippen molar-refractivity contribution in [2.24, 2.45) is 0 Å². The molecule has 2 aromatic rings. The number of carbonyl (C=O) groups excluding carboxylic acids is 1. The smallest absolute Gasteiger partial charge is 0.254 e. The number of carbonyl (C=O) groups is 1. The van der Waals surface area contributed by atoms with Crippen LogP contribution in [0.3, 0.4) is 0 Å². The van der Waals surface area contributed by atoms with Crippen LogP contribution in [0.15, 0.2) is 36.5 Å². The molecule has 21 heavy (non-hydrogen) atoms. The lowest BCUT2D eigenvalue weighted by atomic mass is 10.0. The van der Waals surface area contributed by atoms with Gasteiger partial charge in [-0.3, -0.25) is 9.78 Å². The Kier molecular flexibility index (Phi) is 4.15. The van der Waals surface area contributed by atoms with Crippen LogP contribution in [0.2, 0.25) is 0 Å². The second kappa shape index (κ2) is 6.22. The highest BCUT2D eigenvalue weighted by atomic mass is 16.2. The summed E-state index contributed by atoms with van der Waals surface area (Å²) in [7, 11) is 1.92. The van der Waals surface area contributed by atoms with Crippen molar-refractivity contribution in [1.82, 2.24) is 15.2 Å². The highest BCUT2D eigenvalue weighted by Gasteiger charge is 2.23. The van der Waals surface area contributed by atoms with Gasteiger partial charge in [0.1, 0.15) is 0 Å². The molecule has 0 bridgehead atoms. The molecule has 1 N–H and O–H groups in total. The van der Waals surface area contributed by atoms with Crippen LogP contribution >= 0.6 is 0 Å². The summed E-state index contributed by atoms with van der Waals surface area (Å²) in [6, 6.07) is 9.93. The number of rotatable bonds is 2. The molecule has 0 aliphatic carbocycles. The summed E-state index contributed by atoms with van der Waals surface area (Å²) in [6.07, 6.45) is 4.97. The zero-order chi connectivity index (χ0) is 14.7. The summed E-state index contributed by atoms with van der Waals surface area (Å²) in [5.74, 6) is 0.0977. The van der Waals surface area contributed by atoms with E-state index in [0.717, 1.165) is 48.8 Å². The number of hydrogen-bond acceptors (Lipinski definition) is 3. The van der Waals surface area contributed by atoms with E-state index in [-0.39, 0.29) is 5.91 Å². The number of aromatic nitrogens is 1. The average molecular weight is 283 g/mol. The van der Waals surface area contributed by atoms with Crippen molar-refractivity contribution >= 4 is 16.8 Å². The first-order chi connectivity index (χ1) is 10.3. The molecule has 0 saturated carbocycles. The van der Waals surface area contributed by atoms with Gasteiger partial charge in [-0.15, -0.1) is 0 Å². The van der Waals surface area contributed by atoms with Crippen LogP contribution < -0.4 is 5.32 Å². The summed E-state index contributed by atoms with van der Waals surface area (Å²) in [6.45, 7) is 2.04. The number of nitrogens with zero attached hydrogens (tertiary/aromatic N) is 2. The van der Waals surface area contributed by atoms with E-state index in [1.807, 2.05) is 42.3 Å². The van der Waals surface area contributed by atoms with Gasteiger partial charge in [0, 0.05) is 30.2 Å². The molecule has 4 nitrogen and oxygen atoms in total. The lowest BCUT2D eigenvalue weighted by Crippen LogP contribution is -2.37. The highest BCUT2D eigenvalue weighted by molar-refractivity contribution is 6.06. The van der Waals surface area contributed by atoms with E-state index in [0.29, 0.717) is 6.04 Å². The number of amides is 1. The van der Waals surface area contributed by atoms with Gasteiger partial charge >= 0.3 is 0 Å². The second-order valence-corrected chi connectivity index (χ2v) is 5.63. The first-order valence-corrected chi connectivity index (χ1v) is 7.59. The van der Waals surface area contributed by atoms with E-state index in [9.17, 15) is 4.79 Å². The summed E-state index contributed by atoms with van der Waals surface area (Å²) < 4.78 is 0. The van der Waals surface area contributed by atoms with Crippen molar-refractivity contribution < 1.29 is 4.79 Å². The number of fused-ring (bicyclic) bond motifs is 1. The van der Waals surface area contributed by atoms with Crippen LogP contribution in [-0.4, -0.2) is 42.0 Å². The van der Waals surface area contributed by atoms with Crippen LogP contribution in [0.4, 0.5) is 0 Å². The first kappa shape index (κ1) is 14.0. The van der Waals surface area contributed by atoms with Gasteiger partial charge in [0.2, 0.25) is 0 Å². The summed E-state index contributed by atoms with van der Waals surface area (Å²) >= 11 is 0. The van der Waals surface area contributed by atoms with E-state index in [1.165, 1.54) is 0 Å². The van der Waals surface area contributed by atoms with Crippen LogP contribution in [0.1, 0.15) is 29.6 Å². The van der Waals surface area contributed by atoms with E-state index < -0.39 is 0 Å². The van der Waals surface area contributed by atoms with Crippen molar-refractivity contribution in [3.63, 3.8) is 0 Å². The van der Waals surface area contributed by atoms with Crippen LogP contribution in [0.5, 0.6) is 0 Å². The predicted molar refractivity (Wildman–Crippen MR) is 84.3 cm³/mol. The molecular weight excluding hydrogens is 262 g/mol.